The maximum Gasteiger partial charge on any atom is 0.240 e. The summed E-state index contributed by atoms with van der Waals surface area (Å²) in [4.78, 5) is 4.48. The molecule has 4 heteroatoms. The Morgan fingerprint density at radius 2 is 2.28 bits per heavy atom. The summed E-state index contributed by atoms with van der Waals surface area (Å²) in [5.41, 5.74) is 2.79. The summed E-state index contributed by atoms with van der Waals surface area (Å²) < 4.78 is 5.25. The maximum atomic E-state index is 5.25. The van der Waals surface area contributed by atoms with Gasteiger partial charge in [-0.1, -0.05) is 29.4 Å². The largest absolute Gasteiger partial charge is 0.338 e. The zero-order valence-corrected chi connectivity index (χ0v) is 10.5. The molecule has 1 aliphatic carbocycles. The van der Waals surface area contributed by atoms with E-state index in [-0.39, 0.29) is 0 Å². The van der Waals surface area contributed by atoms with Crippen molar-refractivity contribution in [2.75, 3.05) is 7.05 Å². The van der Waals surface area contributed by atoms with Crippen molar-refractivity contribution in [3.63, 3.8) is 0 Å². The average molecular weight is 243 g/mol. The summed E-state index contributed by atoms with van der Waals surface area (Å²) >= 11 is 0. The van der Waals surface area contributed by atoms with Crippen molar-refractivity contribution in [3.8, 4) is 0 Å². The lowest BCUT2D eigenvalue weighted by molar-refractivity contribution is 0.364. The van der Waals surface area contributed by atoms with Crippen molar-refractivity contribution in [1.29, 1.82) is 0 Å². The maximum absolute atomic E-state index is 5.25. The van der Waals surface area contributed by atoms with Gasteiger partial charge in [0.25, 0.3) is 0 Å². The van der Waals surface area contributed by atoms with Crippen LogP contribution in [0.2, 0.25) is 0 Å². The highest BCUT2D eigenvalue weighted by Crippen LogP contribution is 2.34. The molecule has 1 aromatic heterocycles. The van der Waals surface area contributed by atoms with Crippen LogP contribution in [0.4, 0.5) is 0 Å². The fourth-order valence-electron chi connectivity index (χ4n) is 2.65. The molecule has 0 bridgehead atoms. The summed E-state index contributed by atoms with van der Waals surface area (Å²) in [5.74, 6) is 1.78. The van der Waals surface area contributed by atoms with Crippen LogP contribution in [0.1, 0.15) is 41.6 Å². The van der Waals surface area contributed by atoms with Gasteiger partial charge in [0, 0.05) is 5.92 Å². The van der Waals surface area contributed by atoms with E-state index in [1.165, 1.54) is 17.5 Å². The van der Waals surface area contributed by atoms with Crippen LogP contribution in [0.3, 0.4) is 0 Å². The first kappa shape index (κ1) is 11.4. The monoisotopic (exact) mass is 243 g/mol. The summed E-state index contributed by atoms with van der Waals surface area (Å²) in [7, 11) is 1.87. The minimum Gasteiger partial charge on any atom is -0.338 e. The summed E-state index contributed by atoms with van der Waals surface area (Å²) in [6, 6.07) is 8.58. The third-order valence-corrected chi connectivity index (χ3v) is 3.49. The molecule has 94 valence electrons. The molecule has 1 aromatic carbocycles. The molecule has 1 aliphatic rings. The Bertz CT molecular complexity index is 535. The fraction of sp³-hybridized carbons (Fsp3) is 0.429. The van der Waals surface area contributed by atoms with E-state index in [4.69, 9.17) is 4.52 Å². The number of aryl methyl sites for hydroxylation is 1. The molecule has 1 atom stereocenters. The average Bonchev–Trinajstić information content (AvgIpc) is 2.87. The van der Waals surface area contributed by atoms with Crippen molar-refractivity contribution in [2.24, 2.45) is 0 Å². The standard InChI is InChI=1S/C14H17N3O/c1-15-9-13-16-14(17-18-13)12-8-4-6-10-5-2-3-7-11(10)12/h2-3,5,7,12,15H,4,6,8-9H2,1H3. The smallest absolute Gasteiger partial charge is 0.240 e. The summed E-state index contributed by atoms with van der Waals surface area (Å²) in [5, 5.41) is 7.15. The molecular formula is C14H17N3O. The van der Waals surface area contributed by atoms with E-state index in [9.17, 15) is 0 Å². The summed E-state index contributed by atoms with van der Waals surface area (Å²) in [6.45, 7) is 0.626. The molecule has 0 spiro atoms. The van der Waals surface area contributed by atoms with Gasteiger partial charge < -0.3 is 9.84 Å². The molecule has 0 aliphatic heterocycles. The zero-order valence-electron chi connectivity index (χ0n) is 10.5. The van der Waals surface area contributed by atoms with Crippen LogP contribution in [0.25, 0.3) is 0 Å². The lowest BCUT2D eigenvalue weighted by atomic mass is 9.82. The molecular weight excluding hydrogens is 226 g/mol. The minimum atomic E-state index is 0.296. The number of nitrogens with zero attached hydrogens (tertiary/aromatic N) is 2. The van der Waals surface area contributed by atoms with E-state index in [0.717, 1.165) is 18.7 Å². The first-order chi connectivity index (χ1) is 8.88. The van der Waals surface area contributed by atoms with E-state index in [0.29, 0.717) is 18.4 Å². The predicted octanol–water partition coefficient (Wildman–Crippen LogP) is 2.26. The lowest BCUT2D eigenvalue weighted by Crippen LogP contribution is -2.12. The molecule has 3 rings (SSSR count). The molecule has 1 N–H and O–H groups in total. The van der Waals surface area contributed by atoms with Gasteiger partial charge in [-0.15, -0.1) is 0 Å². The molecule has 4 nitrogen and oxygen atoms in total. The van der Waals surface area contributed by atoms with E-state index < -0.39 is 0 Å². The number of hydrogen-bond acceptors (Lipinski definition) is 4. The van der Waals surface area contributed by atoms with E-state index in [2.05, 4.69) is 39.7 Å². The van der Waals surface area contributed by atoms with E-state index >= 15 is 0 Å². The second-order valence-electron chi connectivity index (χ2n) is 4.72. The fourth-order valence-corrected chi connectivity index (χ4v) is 2.65. The molecule has 1 unspecified atom stereocenters. The third-order valence-electron chi connectivity index (χ3n) is 3.49. The van der Waals surface area contributed by atoms with Crippen molar-refractivity contribution in [3.05, 3.63) is 47.1 Å². The molecule has 0 radical (unpaired) electrons. The van der Waals surface area contributed by atoms with E-state index in [1.54, 1.807) is 0 Å². The third kappa shape index (κ3) is 2.04. The Hall–Kier alpha value is -1.68. The van der Waals surface area contributed by atoms with E-state index in [1.807, 2.05) is 7.05 Å². The van der Waals surface area contributed by atoms with Crippen LogP contribution in [0.5, 0.6) is 0 Å². The molecule has 0 amide bonds. The molecule has 0 saturated heterocycles. The lowest BCUT2D eigenvalue weighted by Gasteiger charge is -2.22. The molecule has 1 heterocycles. The van der Waals surface area contributed by atoms with Gasteiger partial charge >= 0.3 is 0 Å². The van der Waals surface area contributed by atoms with Gasteiger partial charge in [-0.2, -0.15) is 4.98 Å². The quantitative estimate of drug-likeness (QED) is 0.898. The molecule has 2 aromatic rings. The van der Waals surface area contributed by atoms with Gasteiger partial charge in [-0.25, -0.2) is 0 Å². The molecule has 0 fully saturated rings. The highest BCUT2D eigenvalue weighted by atomic mass is 16.5. The van der Waals surface area contributed by atoms with Gasteiger partial charge in [-0.05, 0) is 37.4 Å². The van der Waals surface area contributed by atoms with Crippen LogP contribution in [0, 0.1) is 0 Å². The predicted molar refractivity (Wildman–Crippen MR) is 68.3 cm³/mol. The normalized spacial score (nSPS) is 18.6. The number of aromatic nitrogens is 2. The van der Waals surface area contributed by atoms with Crippen molar-refractivity contribution < 1.29 is 4.52 Å². The van der Waals surface area contributed by atoms with Gasteiger partial charge in [0.05, 0.1) is 6.54 Å². The first-order valence-electron chi connectivity index (χ1n) is 6.43. The Morgan fingerprint density at radius 1 is 1.39 bits per heavy atom. The van der Waals surface area contributed by atoms with Crippen molar-refractivity contribution in [1.82, 2.24) is 15.5 Å². The zero-order chi connectivity index (χ0) is 12.4. The minimum absolute atomic E-state index is 0.296. The van der Waals surface area contributed by atoms with Crippen LogP contribution in [-0.4, -0.2) is 17.2 Å². The van der Waals surface area contributed by atoms with Gasteiger partial charge in [0.15, 0.2) is 5.82 Å². The van der Waals surface area contributed by atoms with Crippen LogP contribution in [0.15, 0.2) is 28.8 Å². The number of rotatable bonds is 3. The van der Waals surface area contributed by atoms with Gasteiger partial charge in [0.2, 0.25) is 5.89 Å². The first-order valence-corrected chi connectivity index (χ1v) is 6.43. The summed E-state index contributed by atoms with van der Waals surface area (Å²) in [6.07, 6.45) is 3.46. The van der Waals surface area contributed by atoms with Gasteiger partial charge in [-0.3, -0.25) is 0 Å². The second kappa shape index (κ2) is 4.90. The molecule has 18 heavy (non-hydrogen) atoms. The highest BCUT2D eigenvalue weighted by Gasteiger charge is 2.25. The molecule has 0 saturated carbocycles. The van der Waals surface area contributed by atoms with Crippen molar-refractivity contribution >= 4 is 0 Å². The van der Waals surface area contributed by atoms with Gasteiger partial charge in [0.1, 0.15) is 0 Å². The van der Waals surface area contributed by atoms with Crippen molar-refractivity contribution in [2.45, 2.75) is 31.7 Å². The Morgan fingerprint density at radius 3 is 3.17 bits per heavy atom. The number of nitrogens with one attached hydrogen (secondary N) is 1. The SMILES string of the molecule is CNCc1nc(C2CCCc3ccccc32)no1. The Balaban J connectivity index is 1.92. The van der Waals surface area contributed by atoms with Crippen LogP contribution in [-0.2, 0) is 13.0 Å². The van der Waals surface area contributed by atoms with Crippen LogP contribution >= 0.6 is 0 Å². The van der Waals surface area contributed by atoms with Crippen LogP contribution < -0.4 is 5.32 Å². The Labute approximate surface area is 106 Å². The highest BCUT2D eigenvalue weighted by molar-refractivity contribution is 5.36. The topological polar surface area (TPSA) is 51.0 Å². The Kier molecular flexibility index (Phi) is 3.11. The number of fused-ring (bicyclic) bond motifs is 1. The second-order valence-corrected chi connectivity index (χ2v) is 4.72. The number of benzene rings is 1. The number of hydrogen-bond donors (Lipinski definition) is 1.